The number of nitro groups is 1. The number of carbonyl (C=O) groups excluding carboxylic acids is 1. The Bertz CT molecular complexity index is 724. The van der Waals surface area contributed by atoms with Crippen LogP contribution in [0.15, 0.2) is 42.5 Å². The maximum Gasteiger partial charge on any atom is 0.271 e. The van der Waals surface area contributed by atoms with Gasteiger partial charge in [-0.25, -0.2) is 4.39 Å². The second kappa shape index (κ2) is 6.86. The lowest BCUT2D eigenvalue weighted by Crippen LogP contribution is -2.20. The summed E-state index contributed by atoms with van der Waals surface area (Å²) in [7, 11) is 0. The lowest BCUT2D eigenvalue weighted by atomic mass is 10.3. The van der Waals surface area contributed by atoms with Gasteiger partial charge in [0.1, 0.15) is 0 Å². The Morgan fingerprint density at radius 2 is 2.05 bits per heavy atom. The predicted molar refractivity (Wildman–Crippen MR) is 78.6 cm³/mol. The van der Waals surface area contributed by atoms with Crippen molar-refractivity contribution in [1.82, 2.24) is 0 Å². The lowest BCUT2D eigenvalue weighted by Gasteiger charge is -2.09. The van der Waals surface area contributed by atoms with E-state index in [4.69, 9.17) is 16.3 Å². The van der Waals surface area contributed by atoms with E-state index in [2.05, 4.69) is 5.32 Å². The molecule has 0 fully saturated rings. The van der Waals surface area contributed by atoms with Crippen LogP contribution in [-0.4, -0.2) is 17.4 Å². The van der Waals surface area contributed by atoms with Crippen molar-refractivity contribution in [2.75, 3.05) is 11.9 Å². The summed E-state index contributed by atoms with van der Waals surface area (Å²) in [6.07, 6.45) is 0. The highest BCUT2D eigenvalue weighted by Crippen LogP contribution is 2.26. The Balaban J connectivity index is 1.98. The van der Waals surface area contributed by atoms with Crippen LogP contribution < -0.4 is 10.1 Å². The van der Waals surface area contributed by atoms with Crippen molar-refractivity contribution in [3.8, 4) is 5.75 Å². The highest BCUT2D eigenvalue weighted by molar-refractivity contribution is 6.34. The van der Waals surface area contributed by atoms with Crippen LogP contribution >= 0.6 is 11.6 Å². The molecule has 114 valence electrons. The number of nitrogens with one attached hydrogen (secondary N) is 1. The SMILES string of the molecule is O=C(COc1ccccc1F)Nc1ccc([N+](=O)[O-])cc1Cl. The zero-order valence-corrected chi connectivity index (χ0v) is 11.8. The molecule has 2 aromatic rings. The molecule has 8 heteroatoms. The average Bonchev–Trinajstić information content (AvgIpc) is 2.48. The molecule has 0 aliphatic heterocycles. The molecule has 0 unspecified atom stereocenters. The van der Waals surface area contributed by atoms with Gasteiger partial charge in [-0.3, -0.25) is 14.9 Å². The second-order valence-corrected chi connectivity index (χ2v) is 4.60. The summed E-state index contributed by atoms with van der Waals surface area (Å²) in [5.74, 6) is -1.20. The second-order valence-electron chi connectivity index (χ2n) is 4.19. The van der Waals surface area contributed by atoms with Gasteiger partial charge in [-0.2, -0.15) is 0 Å². The molecule has 0 radical (unpaired) electrons. The van der Waals surface area contributed by atoms with Crippen LogP contribution in [0.1, 0.15) is 0 Å². The maximum absolute atomic E-state index is 13.3. The van der Waals surface area contributed by atoms with Crippen molar-refractivity contribution in [2.24, 2.45) is 0 Å². The van der Waals surface area contributed by atoms with Crippen molar-refractivity contribution < 1.29 is 18.8 Å². The van der Waals surface area contributed by atoms with Crippen LogP contribution in [0.5, 0.6) is 5.75 Å². The number of halogens is 2. The summed E-state index contributed by atoms with van der Waals surface area (Å²) in [6, 6.07) is 9.31. The minimum absolute atomic E-state index is 0.0217. The summed E-state index contributed by atoms with van der Waals surface area (Å²) in [4.78, 5) is 21.7. The number of amides is 1. The Hall–Kier alpha value is -2.67. The van der Waals surface area contributed by atoms with E-state index in [1.54, 1.807) is 6.07 Å². The van der Waals surface area contributed by atoms with Gasteiger partial charge in [0, 0.05) is 12.1 Å². The Morgan fingerprint density at radius 3 is 2.68 bits per heavy atom. The van der Waals surface area contributed by atoms with Crippen LogP contribution in [0.25, 0.3) is 0 Å². The van der Waals surface area contributed by atoms with E-state index in [9.17, 15) is 19.3 Å². The molecule has 0 aliphatic carbocycles. The zero-order chi connectivity index (χ0) is 16.1. The maximum atomic E-state index is 13.3. The van der Waals surface area contributed by atoms with Crippen molar-refractivity contribution in [3.63, 3.8) is 0 Å². The third-order valence-corrected chi connectivity index (χ3v) is 2.95. The topological polar surface area (TPSA) is 81.5 Å². The molecule has 22 heavy (non-hydrogen) atoms. The summed E-state index contributed by atoms with van der Waals surface area (Å²) < 4.78 is 18.3. The molecule has 0 atom stereocenters. The summed E-state index contributed by atoms with van der Waals surface area (Å²) in [6.45, 7) is -0.422. The Kier molecular flexibility index (Phi) is 4.90. The fourth-order valence-electron chi connectivity index (χ4n) is 1.61. The van der Waals surface area contributed by atoms with Crippen molar-refractivity contribution in [1.29, 1.82) is 0 Å². The number of benzene rings is 2. The predicted octanol–water partition coefficient (Wildman–Crippen LogP) is 3.40. The first-order valence-electron chi connectivity index (χ1n) is 6.08. The van der Waals surface area contributed by atoms with Gasteiger partial charge in [0.05, 0.1) is 15.6 Å². The van der Waals surface area contributed by atoms with E-state index < -0.39 is 23.3 Å². The van der Waals surface area contributed by atoms with Gasteiger partial charge in [0.15, 0.2) is 18.2 Å². The van der Waals surface area contributed by atoms with Gasteiger partial charge in [-0.15, -0.1) is 0 Å². The number of rotatable bonds is 5. The van der Waals surface area contributed by atoms with E-state index in [0.29, 0.717) is 0 Å². The summed E-state index contributed by atoms with van der Waals surface area (Å²) in [5.41, 5.74) is 0.0139. The van der Waals surface area contributed by atoms with Gasteiger partial charge in [-0.05, 0) is 18.2 Å². The molecule has 1 N–H and O–H groups in total. The molecule has 2 rings (SSSR count). The Labute approximate surface area is 129 Å². The van der Waals surface area contributed by atoms with Crippen molar-refractivity contribution in [2.45, 2.75) is 0 Å². The number of hydrogen-bond acceptors (Lipinski definition) is 4. The quantitative estimate of drug-likeness (QED) is 0.675. The minimum atomic E-state index is -0.598. The molecule has 6 nitrogen and oxygen atoms in total. The van der Waals surface area contributed by atoms with E-state index in [1.807, 2.05) is 0 Å². The van der Waals surface area contributed by atoms with Gasteiger partial charge < -0.3 is 10.1 Å². The Morgan fingerprint density at radius 1 is 1.32 bits per heavy atom. The molecule has 0 heterocycles. The van der Waals surface area contributed by atoms with E-state index in [1.165, 1.54) is 30.3 Å². The van der Waals surface area contributed by atoms with E-state index in [0.717, 1.165) is 6.07 Å². The third-order valence-electron chi connectivity index (χ3n) is 2.63. The number of carbonyl (C=O) groups is 1. The molecule has 2 aromatic carbocycles. The molecule has 0 aliphatic rings. The first-order chi connectivity index (χ1) is 10.5. The smallest absolute Gasteiger partial charge is 0.271 e. The normalized spacial score (nSPS) is 10.1. The van der Waals surface area contributed by atoms with Crippen LogP contribution in [0.3, 0.4) is 0 Å². The first-order valence-corrected chi connectivity index (χ1v) is 6.46. The molecule has 0 aromatic heterocycles. The first kappa shape index (κ1) is 15.7. The fourth-order valence-corrected chi connectivity index (χ4v) is 1.83. The monoisotopic (exact) mass is 324 g/mol. The molecule has 0 saturated heterocycles. The summed E-state index contributed by atoms with van der Waals surface area (Å²) >= 11 is 5.84. The van der Waals surface area contributed by atoms with E-state index in [-0.39, 0.29) is 22.1 Å². The molecular weight excluding hydrogens is 315 g/mol. The molecule has 0 saturated carbocycles. The summed E-state index contributed by atoms with van der Waals surface area (Å²) in [5, 5.41) is 13.0. The van der Waals surface area contributed by atoms with Crippen LogP contribution in [0.2, 0.25) is 5.02 Å². The lowest BCUT2D eigenvalue weighted by molar-refractivity contribution is -0.384. The van der Waals surface area contributed by atoms with Crippen LogP contribution in [0.4, 0.5) is 15.8 Å². The minimum Gasteiger partial charge on any atom is -0.481 e. The number of ether oxygens (including phenoxy) is 1. The van der Waals surface area contributed by atoms with Crippen LogP contribution in [-0.2, 0) is 4.79 Å². The molecular formula is C14H10ClFN2O4. The number of anilines is 1. The highest BCUT2D eigenvalue weighted by Gasteiger charge is 2.12. The number of nitrogens with zero attached hydrogens (tertiary/aromatic N) is 1. The number of para-hydroxylation sites is 1. The zero-order valence-electron chi connectivity index (χ0n) is 11.1. The van der Waals surface area contributed by atoms with Gasteiger partial charge >= 0.3 is 0 Å². The van der Waals surface area contributed by atoms with E-state index >= 15 is 0 Å². The largest absolute Gasteiger partial charge is 0.481 e. The fraction of sp³-hybridized carbons (Fsp3) is 0.0714. The van der Waals surface area contributed by atoms with Gasteiger partial charge in [0.25, 0.3) is 11.6 Å². The standard InChI is InChI=1S/C14H10ClFN2O4/c15-10-7-9(18(20)21)5-6-12(10)17-14(19)8-22-13-4-2-1-3-11(13)16/h1-7H,8H2,(H,17,19). The number of hydrogen-bond donors (Lipinski definition) is 1. The molecule has 0 bridgehead atoms. The van der Waals surface area contributed by atoms with Crippen molar-refractivity contribution >= 4 is 28.9 Å². The average molecular weight is 325 g/mol. The third kappa shape index (κ3) is 3.92. The number of nitro benzene ring substituents is 1. The highest BCUT2D eigenvalue weighted by atomic mass is 35.5. The van der Waals surface area contributed by atoms with Gasteiger partial charge in [-0.1, -0.05) is 23.7 Å². The molecule has 1 amide bonds. The molecule has 0 spiro atoms. The van der Waals surface area contributed by atoms with Gasteiger partial charge in [0.2, 0.25) is 0 Å². The van der Waals surface area contributed by atoms with Crippen LogP contribution in [0, 0.1) is 15.9 Å². The van der Waals surface area contributed by atoms with Crippen molar-refractivity contribution in [3.05, 3.63) is 63.4 Å². The number of non-ortho nitro benzene ring substituents is 1.